The predicted octanol–water partition coefficient (Wildman–Crippen LogP) is 2.79. The van der Waals surface area contributed by atoms with Gasteiger partial charge in [0.05, 0.1) is 11.6 Å². The molecule has 1 rings (SSSR count). The van der Waals surface area contributed by atoms with Gasteiger partial charge in [0.2, 0.25) is 0 Å². The van der Waals surface area contributed by atoms with Crippen molar-refractivity contribution >= 4 is 5.69 Å². The zero-order chi connectivity index (χ0) is 10.8. The first-order chi connectivity index (χ1) is 6.45. The van der Waals surface area contributed by atoms with E-state index in [0.717, 1.165) is 5.69 Å². The standard InChI is InChI=1S/C12H16N2/c1-12(2,3)14(4)11-7-5-6-10(8-11)9-13/h5-8H,1-4H3. The molecule has 0 fully saturated rings. The van der Waals surface area contributed by atoms with Crippen LogP contribution in [-0.4, -0.2) is 12.6 Å². The normalized spacial score (nSPS) is 10.8. The summed E-state index contributed by atoms with van der Waals surface area (Å²) in [7, 11) is 2.04. The SMILES string of the molecule is CN(c1cccc(C#N)c1)C(C)(C)C. The molecule has 0 atom stereocenters. The summed E-state index contributed by atoms with van der Waals surface area (Å²) < 4.78 is 0. The van der Waals surface area contributed by atoms with E-state index in [2.05, 4.69) is 31.7 Å². The molecule has 0 amide bonds. The highest BCUT2D eigenvalue weighted by Gasteiger charge is 2.17. The Kier molecular flexibility index (Phi) is 2.81. The van der Waals surface area contributed by atoms with Crippen molar-refractivity contribution in [3.63, 3.8) is 0 Å². The second-order valence-electron chi connectivity index (χ2n) is 4.39. The molecule has 0 spiro atoms. The fourth-order valence-corrected chi connectivity index (χ4v) is 1.17. The fourth-order valence-electron chi connectivity index (χ4n) is 1.17. The van der Waals surface area contributed by atoms with E-state index >= 15 is 0 Å². The molecule has 0 aliphatic carbocycles. The van der Waals surface area contributed by atoms with Gasteiger partial charge < -0.3 is 4.90 Å². The van der Waals surface area contributed by atoms with Crippen LogP contribution in [0.1, 0.15) is 26.3 Å². The molecule has 14 heavy (non-hydrogen) atoms. The van der Waals surface area contributed by atoms with E-state index in [1.54, 1.807) is 0 Å². The third-order valence-corrected chi connectivity index (χ3v) is 2.37. The van der Waals surface area contributed by atoms with Crippen LogP contribution in [-0.2, 0) is 0 Å². The minimum absolute atomic E-state index is 0.0775. The lowest BCUT2D eigenvalue weighted by Crippen LogP contribution is -2.37. The molecule has 0 saturated carbocycles. The van der Waals surface area contributed by atoms with Gasteiger partial charge in [-0.3, -0.25) is 0 Å². The summed E-state index contributed by atoms with van der Waals surface area (Å²) in [5.41, 5.74) is 1.86. The Morgan fingerprint density at radius 1 is 1.29 bits per heavy atom. The van der Waals surface area contributed by atoms with E-state index in [0.29, 0.717) is 5.56 Å². The largest absolute Gasteiger partial charge is 0.370 e. The summed E-state index contributed by atoms with van der Waals surface area (Å²) in [5, 5.41) is 8.78. The number of anilines is 1. The van der Waals surface area contributed by atoms with Crippen LogP contribution in [0, 0.1) is 11.3 Å². The quantitative estimate of drug-likeness (QED) is 0.677. The third kappa shape index (κ3) is 2.26. The van der Waals surface area contributed by atoms with Gasteiger partial charge in [-0.1, -0.05) is 6.07 Å². The van der Waals surface area contributed by atoms with Crippen LogP contribution in [0.15, 0.2) is 24.3 Å². The van der Waals surface area contributed by atoms with Gasteiger partial charge in [0.25, 0.3) is 0 Å². The zero-order valence-corrected chi connectivity index (χ0v) is 9.20. The van der Waals surface area contributed by atoms with Gasteiger partial charge in [-0.05, 0) is 39.0 Å². The number of hydrogen-bond donors (Lipinski definition) is 0. The van der Waals surface area contributed by atoms with E-state index in [4.69, 9.17) is 5.26 Å². The lowest BCUT2D eigenvalue weighted by Gasteiger charge is -2.34. The van der Waals surface area contributed by atoms with Crippen LogP contribution in [0.4, 0.5) is 5.69 Å². The van der Waals surface area contributed by atoms with Gasteiger partial charge in [-0.25, -0.2) is 0 Å². The molecule has 0 saturated heterocycles. The van der Waals surface area contributed by atoms with E-state index in [-0.39, 0.29) is 5.54 Å². The van der Waals surface area contributed by atoms with Gasteiger partial charge in [-0.15, -0.1) is 0 Å². The zero-order valence-electron chi connectivity index (χ0n) is 9.20. The van der Waals surface area contributed by atoms with E-state index in [1.807, 2.05) is 31.3 Å². The number of nitriles is 1. The van der Waals surface area contributed by atoms with Crippen molar-refractivity contribution in [2.75, 3.05) is 11.9 Å². The highest BCUT2D eigenvalue weighted by molar-refractivity contribution is 5.52. The van der Waals surface area contributed by atoms with Crippen molar-refractivity contribution in [1.29, 1.82) is 5.26 Å². The molecule has 1 aromatic rings. The summed E-state index contributed by atoms with van der Waals surface area (Å²) in [4.78, 5) is 2.16. The monoisotopic (exact) mass is 188 g/mol. The molecular formula is C12H16N2. The van der Waals surface area contributed by atoms with Crippen LogP contribution >= 0.6 is 0 Å². The first-order valence-corrected chi connectivity index (χ1v) is 4.69. The van der Waals surface area contributed by atoms with E-state index in [1.165, 1.54) is 0 Å². The van der Waals surface area contributed by atoms with Crippen molar-refractivity contribution in [3.8, 4) is 6.07 Å². The minimum Gasteiger partial charge on any atom is -0.370 e. The molecule has 0 radical (unpaired) electrons. The summed E-state index contributed by atoms with van der Waals surface area (Å²) >= 11 is 0. The van der Waals surface area contributed by atoms with Crippen molar-refractivity contribution in [2.45, 2.75) is 26.3 Å². The minimum atomic E-state index is 0.0775. The van der Waals surface area contributed by atoms with E-state index in [9.17, 15) is 0 Å². The fraction of sp³-hybridized carbons (Fsp3) is 0.417. The van der Waals surface area contributed by atoms with Crippen LogP contribution in [0.5, 0.6) is 0 Å². The average molecular weight is 188 g/mol. The molecule has 0 unspecified atom stereocenters. The van der Waals surface area contributed by atoms with Gasteiger partial charge in [0, 0.05) is 18.3 Å². The third-order valence-electron chi connectivity index (χ3n) is 2.37. The maximum atomic E-state index is 8.78. The van der Waals surface area contributed by atoms with Crippen molar-refractivity contribution in [2.24, 2.45) is 0 Å². The Morgan fingerprint density at radius 2 is 1.93 bits per heavy atom. The van der Waals surface area contributed by atoms with Gasteiger partial charge >= 0.3 is 0 Å². The highest BCUT2D eigenvalue weighted by atomic mass is 15.2. The smallest absolute Gasteiger partial charge is 0.0992 e. The second-order valence-corrected chi connectivity index (χ2v) is 4.39. The molecule has 2 heteroatoms. The first-order valence-electron chi connectivity index (χ1n) is 4.69. The van der Waals surface area contributed by atoms with Crippen LogP contribution in [0.3, 0.4) is 0 Å². The first kappa shape index (κ1) is 10.6. The van der Waals surface area contributed by atoms with E-state index < -0.39 is 0 Å². The molecule has 74 valence electrons. The van der Waals surface area contributed by atoms with Crippen molar-refractivity contribution in [1.82, 2.24) is 0 Å². The molecule has 0 N–H and O–H groups in total. The summed E-state index contributed by atoms with van der Waals surface area (Å²) in [6, 6.07) is 9.81. The van der Waals surface area contributed by atoms with Gasteiger partial charge in [0.1, 0.15) is 0 Å². The number of hydrogen-bond acceptors (Lipinski definition) is 2. The molecule has 0 heterocycles. The van der Waals surface area contributed by atoms with Crippen LogP contribution in [0.2, 0.25) is 0 Å². The second kappa shape index (κ2) is 3.71. The Bertz CT molecular complexity index is 355. The molecular weight excluding hydrogens is 172 g/mol. The molecule has 2 nitrogen and oxygen atoms in total. The average Bonchev–Trinajstić information content (AvgIpc) is 2.15. The lowest BCUT2D eigenvalue weighted by atomic mass is 10.1. The van der Waals surface area contributed by atoms with Gasteiger partial charge in [-0.2, -0.15) is 5.26 Å². The highest BCUT2D eigenvalue weighted by Crippen LogP contribution is 2.22. The van der Waals surface area contributed by atoms with Crippen LogP contribution in [0.25, 0.3) is 0 Å². The summed E-state index contributed by atoms with van der Waals surface area (Å²) in [6.45, 7) is 6.43. The summed E-state index contributed by atoms with van der Waals surface area (Å²) in [6.07, 6.45) is 0. The number of nitrogens with zero attached hydrogens (tertiary/aromatic N) is 2. The maximum Gasteiger partial charge on any atom is 0.0992 e. The van der Waals surface area contributed by atoms with Crippen LogP contribution < -0.4 is 4.90 Å². The molecule has 1 aromatic carbocycles. The molecule has 0 bridgehead atoms. The Balaban J connectivity index is 3.03. The topological polar surface area (TPSA) is 27.0 Å². The predicted molar refractivity (Wildman–Crippen MR) is 59.3 cm³/mol. The maximum absolute atomic E-state index is 8.78. The number of rotatable bonds is 1. The molecule has 0 aliphatic rings. The summed E-state index contributed by atoms with van der Waals surface area (Å²) in [5.74, 6) is 0. The lowest BCUT2D eigenvalue weighted by molar-refractivity contribution is 0.539. The van der Waals surface area contributed by atoms with Gasteiger partial charge in [0.15, 0.2) is 0 Å². The Labute approximate surface area is 85.8 Å². The molecule has 0 aromatic heterocycles. The Hall–Kier alpha value is -1.49. The Morgan fingerprint density at radius 3 is 2.43 bits per heavy atom. The molecule has 0 aliphatic heterocycles. The van der Waals surface area contributed by atoms with Crippen molar-refractivity contribution < 1.29 is 0 Å². The van der Waals surface area contributed by atoms with Crippen molar-refractivity contribution in [3.05, 3.63) is 29.8 Å². The number of benzene rings is 1.